The van der Waals surface area contributed by atoms with Gasteiger partial charge in [0.2, 0.25) is 6.33 Å². The summed E-state index contributed by atoms with van der Waals surface area (Å²) in [4.78, 5) is 13.2. The highest BCUT2D eigenvalue weighted by Crippen LogP contribution is 2.16. The van der Waals surface area contributed by atoms with Crippen molar-refractivity contribution >= 4 is 15.8 Å². The monoisotopic (exact) mass is 267 g/mol. The number of aromatic nitrogens is 2. The summed E-state index contributed by atoms with van der Waals surface area (Å²) in [6.45, 7) is 1.83. The van der Waals surface area contributed by atoms with Gasteiger partial charge < -0.3 is 10.1 Å². The highest BCUT2D eigenvalue weighted by atomic mass is 32.2. The molecule has 94 valence electrons. The lowest BCUT2D eigenvalue weighted by Crippen LogP contribution is -2.10. The van der Waals surface area contributed by atoms with Crippen LogP contribution in [0.15, 0.2) is 41.7 Å². The number of aryl methyl sites for hydroxylation is 1. The van der Waals surface area contributed by atoms with E-state index in [1.807, 2.05) is 6.92 Å². The topological polar surface area (TPSA) is 95.1 Å². The molecule has 18 heavy (non-hydrogen) atoms. The zero-order chi connectivity index (χ0) is 13.3. The number of nitrogens with zero attached hydrogens (tertiary/aromatic N) is 3. The Labute approximate surface area is 103 Å². The van der Waals surface area contributed by atoms with Gasteiger partial charge in [0.25, 0.3) is 10.0 Å². The van der Waals surface area contributed by atoms with Crippen molar-refractivity contribution < 1.29 is 13.3 Å². The molecule has 0 spiro atoms. The molecule has 0 atom stereocenters. The second-order valence-electron chi connectivity index (χ2n) is 3.64. The van der Waals surface area contributed by atoms with Gasteiger partial charge in [-0.15, -0.1) is 0 Å². The van der Waals surface area contributed by atoms with Gasteiger partial charge in [-0.05, 0) is 29.0 Å². The zero-order valence-electron chi connectivity index (χ0n) is 9.35. The number of nitro groups is 1. The van der Waals surface area contributed by atoms with Gasteiger partial charge >= 0.3 is 5.82 Å². The number of benzene rings is 1. The maximum absolute atomic E-state index is 12.1. The SMILES string of the molecule is Cc1ccc(S(=O)(=O)n2cnc([N+](=O)[O-])c2)cc1. The van der Waals surface area contributed by atoms with Gasteiger partial charge in [-0.25, -0.2) is 12.4 Å². The van der Waals surface area contributed by atoms with Gasteiger partial charge in [-0.2, -0.15) is 0 Å². The van der Waals surface area contributed by atoms with E-state index in [-0.39, 0.29) is 4.90 Å². The predicted octanol–water partition coefficient (Wildman–Crippen LogP) is 1.34. The molecule has 0 amide bonds. The molecule has 8 heteroatoms. The third-order valence-corrected chi connectivity index (χ3v) is 3.95. The van der Waals surface area contributed by atoms with Crippen molar-refractivity contribution in [3.05, 3.63) is 52.5 Å². The van der Waals surface area contributed by atoms with Crippen LogP contribution in [-0.2, 0) is 10.0 Å². The average Bonchev–Trinajstić information content (AvgIpc) is 2.79. The Morgan fingerprint density at radius 2 is 1.89 bits per heavy atom. The van der Waals surface area contributed by atoms with Gasteiger partial charge in [0.1, 0.15) is 6.20 Å². The van der Waals surface area contributed by atoms with E-state index in [4.69, 9.17) is 0 Å². The number of hydrogen-bond donors (Lipinski definition) is 0. The minimum absolute atomic E-state index is 0.0559. The summed E-state index contributed by atoms with van der Waals surface area (Å²) in [5.41, 5.74) is 0.922. The first-order valence-corrected chi connectivity index (χ1v) is 6.36. The molecular weight excluding hydrogens is 258 g/mol. The molecule has 0 bridgehead atoms. The Morgan fingerprint density at radius 1 is 1.28 bits per heavy atom. The average molecular weight is 267 g/mol. The third-order valence-electron chi connectivity index (χ3n) is 2.33. The van der Waals surface area contributed by atoms with Gasteiger partial charge in [0.05, 0.1) is 4.90 Å². The molecule has 0 N–H and O–H groups in total. The minimum atomic E-state index is -3.82. The summed E-state index contributed by atoms with van der Waals surface area (Å²) < 4.78 is 24.9. The fourth-order valence-corrected chi connectivity index (χ4v) is 2.48. The maximum Gasteiger partial charge on any atom is 0.382 e. The van der Waals surface area contributed by atoms with E-state index in [1.54, 1.807) is 12.1 Å². The van der Waals surface area contributed by atoms with E-state index < -0.39 is 20.8 Å². The van der Waals surface area contributed by atoms with Crippen LogP contribution in [0, 0.1) is 17.0 Å². The normalized spacial score (nSPS) is 11.4. The van der Waals surface area contributed by atoms with Gasteiger partial charge in [0, 0.05) is 0 Å². The molecule has 0 aliphatic rings. The Kier molecular flexibility index (Phi) is 2.87. The van der Waals surface area contributed by atoms with Crippen LogP contribution in [0.25, 0.3) is 0 Å². The van der Waals surface area contributed by atoms with E-state index in [2.05, 4.69) is 4.98 Å². The number of rotatable bonds is 3. The van der Waals surface area contributed by atoms with Crippen LogP contribution >= 0.6 is 0 Å². The first-order chi connectivity index (χ1) is 8.41. The molecule has 0 fully saturated rings. The highest BCUT2D eigenvalue weighted by molar-refractivity contribution is 7.90. The molecule has 0 radical (unpaired) electrons. The van der Waals surface area contributed by atoms with Crippen LogP contribution in [0.5, 0.6) is 0 Å². The Morgan fingerprint density at radius 3 is 2.39 bits per heavy atom. The second kappa shape index (κ2) is 4.22. The lowest BCUT2D eigenvalue weighted by atomic mass is 10.2. The smallest absolute Gasteiger partial charge is 0.358 e. The van der Waals surface area contributed by atoms with E-state index in [0.717, 1.165) is 22.1 Å². The molecule has 1 heterocycles. The fraction of sp³-hybridized carbons (Fsp3) is 0.100. The van der Waals surface area contributed by atoms with Gasteiger partial charge in [-0.1, -0.05) is 17.7 Å². The molecule has 0 saturated heterocycles. The van der Waals surface area contributed by atoms with E-state index in [1.165, 1.54) is 12.1 Å². The summed E-state index contributed by atoms with van der Waals surface area (Å²) in [5, 5.41) is 10.5. The van der Waals surface area contributed by atoms with Crippen LogP contribution < -0.4 is 0 Å². The van der Waals surface area contributed by atoms with Crippen LogP contribution in [0.2, 0.25) is 0 Å². The summed E-state index contributed by atoms with van der Waals surface area (Å²) in [6.07, 6.45) is 1.78. The van der Waals surface area contributed by atoms with Crippen molar-refractivity contribution in [1.82, 2.24) is 8.96 Å². The van der Waals surface area contributed by atoms with E-state index >= 15 is 0 Å². The second-order valence-corrected chi connectivity index (χ2v) is 5.48. The molecule has 2 aromatic rings. The van der Waals surface area contributed by atoms with E-state index in [9.17, 15) is 18.5 Å². The van der Waals surface area contributed by atoms with Gasteiger partial charge in [0.15, 0.2) is 0 Å². The first-order valence-electron chi connectivity index (χ1n) is 4.92. The minimum Gasteiger partial charge on any atom is -0.358 e. The Balaban J connectivity index is 2.47. The molecule has 7 nitrogen and oxygen atoms in total. The molecule has 1 aromatic heterocycles. The first kappa shape index (κ1) is 12.2. The fourth-order valence-electron chi connectivity index (χ4n) is 1.35. The maximum atomic E-state index is 12.1. The molecule has 1 aromatic carbocycles. The lowest BCUT2D eigenvalue weighted by molar-refractivity contribution is -0.389. The standard InChI is InChI=1S/C10H9N3O4S/c1-8-2-4-9(5-3-8)18(16,17)12-6-10(11-7-12)13(14)15/h2-7H,1H3. The van der Waals surface area contributed by atoms with Crippen molar-refractivity contribution in [3.63, 3.8) is 0 Å². The summed E-state index contributed by atoms with van der Waals surface area (Å²) in [6, 6.07) is 6.18. The Hall–Kier alpha value is -2.22. The van der Waals surface area contributed by atoms with Crippen LogP contribution in [0.4, 0.5) is 5.82 Å². The van der Waals surface area contributed by atoms with Crippen molar-refractivity contribution in [2.45, 2.75) is 11.8 Å². The van der Waals surface area contributed by atoms with Crippen molar-refractivity contribution in [2.75, 3.05) is 0 Å². The van der Waals surface area contributed by atoms with Crippen molar-refractivity contribution in [2.24, 2.45) is 0 Å². The van der Waals surface area contributed by atoms with E-state index in [0.29, 0.717) is 0 Å². The zero-order valence-corrected chi connectivity index (χ0v) is 10.2. The summed E-state index contributed by atoms with van der Waals surface area (Å²) in [5.74, 6) is -0.509. The molecule has 0 aliphatic carbocycles. The van der Waals surface area contributed by atoms with Crippen molar-refractivity contribution in [1.29, 1.82) is 0 Å². The largest absolute Gasteiger partial charge is 0.382 e. The summed E-state index contributed by atoms with van der Waals surface area (Å²) >= 11 is 0. The van der Waals surface area contributed by atoms with Crippen LogP contribution in [0.3, 0.4) is 0 Å². The number of imidazole rings is 1. The Bertz CT molecular complexity index is 688. The highest BCUT2D eigenvalue weighted by Gasteiger charge is 2.21. The van der Waals surface area contributed by atoms with Crippen molar-refractivity contribution in [3.8, 4) is 0 Å². The summed E-state index contributed by atoms with van der Waals surface area (Å²) in [7, 11) is -3.82. The molecular formula is C10H9N3O4S. The van der Waals surface area contributed by atoms with Crippen LogP contribution in [0.1, 0.15) is 5.56 Å². The molecule has 2 rings (SSSR count). The molecule has 0 saturated carbocycles. The van der Waals surface area contributed by atoms with Gasteiger partial charge in [-0.3, -0.25) is 0 Å². The third kappa shape index (κ3) is 2.09. The lowest BCUT2D eigenvalue weighted by Gasteiger charge is -2.03. The molecule has 0 unspecified atom stereocenters. The quantitative estimate of drug-likeness (QED) is 0.617. The number of hydrogen-bond acceptors (Lipinski definition) is 5. The predicted molar refractivity (Wildman–Crippen MR) is 62.6 cm³/mol. The molecule has 0 aliphatic heterocycles. The van der Waals surface area contributed by atoms with Crippen LogP contribution in [-0.4, -0.2) is 22.3 Å².